The molecule has 1 aliphatic rings. The van der Waals surface area contributed by atoms with Gasteiger partial charge in [-0.3, -0.25) is 4.90 Å². The number of hydrogen-bond donors (Lipinski definition) is 0. The van der Waals surface area contributed by atoms with Gasteiger partial charge in [-0.2, -0.15) is 0 Å². The molecule has 0 unspecified atom stereocenters. The van der Waals surface area contributed by atoms with E-state index in [2.05, 4.69) is 40.1 Å². The van der Waals surface area contributed by atoms with E-state index in [0.29, 0.717) is 34.8 Å². The smallest absolute Gasteiger partial charge is 0.161 e. The first kappa shape index (κ1) is 24.8. The van der Waals surface area contributed by atoms with Crippen LogP contribution < -0.4 is 9.47 Å². The van der Waals surface area contributed by atoms with E-state index in [1.54, 1.807) is 6.07 Å². The largest absolute Gasteiger partial charge is 0.490 e. The van der Waals surface area contributed by atoms with Gasteiger partial charge < -0.3 is 14.4 Å². The fourth-order valence-corrected chi connectivity index (χ4v) is 4.58. The predicted molar refractivity (Wildman–Crippen MR) is 143 cm³/mol. The highest BCUT2D eigenvalue weighted by Crippen LogP contribution is 2.31. The fraction of sp³-hybridized carbons (Fsp3) is 0.296. The van der Waals surface area contributed by atoms with Gasteiger partial charge in [-0.15, -0.1) is 0 Å². The molecule has 34 heavy (non-hydrogen) atoms. The zero-order valence-electron chi connectivity index (χ0n) is 19.2. The van der Waals surface area contributed by atoms with E-state index in [1.165, 1.54) is 5.56 Å². The minimum atomic E-state index is 0.365. The molecule has 1 heterocycles. The van der Waals surface area contributed by atoms with Crippen molar-refractivity contribution >= 4 is 40.4 Å². The van der Waals surface area contributed by atoms with Gasteiger partial charge in [0.2, 0.25) is 0 Å². The minimum absolute atomic E-state index is 0.365. The van der Waals surface area contributed by atoms with Gasteiger partial charge in [-0.1, -0.05) is 71.8 Å². The summed E-state index contributed by atoms with van der Waals surface area (Å²) in [4.78, 5) is 5.59. The molecule has 4 rings (SSSR count). The number of ether oxygens (including phenoxy) is 2. The van der Waals surface area contributed by atoms with Crippen LogP contribution in [0.1, 0.15) is 23.6 Å². The van der Waals surface area contributed by atoms with Gasteiger partial charge in [0, 0.05) is 38.3 Å². The summed E-state index contributed by atoms with van der Waals surface area (Å²) in [6, 6.07) is 22.0. The molecule has 0 N–H and O–H groups in total. The summed E-state index contributed by atoms with van der Waals surface area (Å²) in [5.74, 6) is 1.36. The number of nitrogens with zero attached hydrogens (tertiary/aromatic N) is 2. The second-order valence-electron chi connectivity index (χ2n) is 8.19. The third kappa shape index (κ3) is 6.42. The second kappa shape index (κ2) is 11.9. The van der Waals surface area contributed by atoms with E-state index in [9.17, 15) is 0 Å². The zero-order valence-corrected chi connectivity index (χ0v) is 21.5. The summed E-state index contributed by atoms with van der Waals surface area (Å²) < 4.78 is 11.9. The van der Waals surface area contributed by atoms with E-state index < -0.39 is 0 Å². The zero-order chi connectivity index (χ0) is 23.9. The van der Waals surface area contributed by atoms with E-state index in [0.717, 1.165) is 48.8 Å². The van der Waals surface area contributed by atoms with Gasteiger partial charge in [-0.25, -0.2) is 0 Å². The summed E-state index contributed by atoms with van der Waals surface area (Å²) >= 11 is 18.0. The van der Waals surface area contributed by atoms with Crippen LogP contribution in [0.4, 0.5) is 0 Å². The molecule has 7 heteroatoms. The summed E-state index contributed by atoms with van der Waals surface area (Å²) in [6.45, 7) is 7.62. The highest BCUT2D eigenvalue weighted by molar-refractivity contribution is 7.80. The first-order chi connectivity index (χ1) is 16.5. The average Bonchev–Trinajstić information content (AvgIpc) is 2.86. The Morgan fingerprint density at radius 2 is 1.59 bits per heavy atom. The van der Waals surface area contributed by atoms with Crippen molar-refractivity contribution in [2.45, 2.75) is 20.1 Å². The SMILES string of the molecule is CCOc1cc(C(=S)N2CCN(Cc3ccccc3)CC2)ccc1OCc1ccc(Cl)c(Cl)c1. The fourth-order valence-electron chi connectivity index (χ4n) is 3.95. The summed E-state index contributed by atoms with van der Waals surface area (Å²) in [5.41, 5.74) is 3.25. The third-order valence-corrected chi connectivity index (χ3v) is 7.01. The Morgan fingerprint density at radius 1 is 0.824 bits per heavy atom. The van der Waals surface area contributed by atoms with Crippen molar-refractivity contribution in [1.29, 1.82) is 0 Å². The Balaban J connectivity index is 1.38. The van der Waals surface area contributed by atoms with E-state index in [-0.39, 0.29) is 0 Å². The molecule has 0 atom stereocenters. The second-order valence-corrected chi connectivity index (χ2v) is 9.39. The number of piperazine rings is 1. The molecule has 0 spiro atoms. The Kier molecular flexibility index (Phi) is 8.68. The Morgan fingerprint density at radius 3 is 2.29 bits per heavy atom. The maximum absolute atomic E-state index is 6.12. The van der Waals surface area contributed by atoms with Crippen LogP contribution >= 0.6 is 35.4 Å². The molecular formula is C27H28Cl2N2O2S. The number of thiocarbonyl (C=S) groups is 1. The first-order valence-electron chi connectivity index (χ1n) is 11.4. The van der Waals surface area contributed by atoms with Crippen molar-refractivity contribution in [2.75, 3.05) is 32.8 Å². The molecule has 1 fully saturated rings. The van der Waals surface area contributed by atoms with Crippen LogP contribution in [0, 0.1) is 0 Å². The van der Waals surface area contributed by atoms with Gasteiger partial charge in [-0.05, 0) is 48.4 Å². The Labute approximate surface area is 217 Å². The number of halogens is 2. The summed E-state index contributed by atoms with van der Waals surface area (Å²) in [5, 5.41) is 1.04. The van der Waals surface area contributed by atoms with Gasteiger partial charge in [0.1, 0.15) is 11.6 Å². The van der Waals surface area contributed by atoms with Crippen LogP contribution in [-0.4, -0.2) is 47.6 Å². The van der Waals surface area contributed by atoms with Crippen LogP contribution in [0.5, 0.6) is 11.5 Å². The highest BCUT2D eigenvalue weighted by atomic mass is 35.5. The van der Waals surface area contributed by atoms with E-state index >= 15 is 0 Å². The molecule has 3 aromatic rings. The van der Waals surface area contributed by atoms with Crippen molar-refractivity contribution < 1.29 is 9.47 Å². The van der Waals surface area contributed by atoms with Crippen LogP contribution in [0.15, 0.2) is 66.7 Å². The van der Waals surface area contributed by atoms with E-state index in [4.69, 9.17) is 44.9 Å². The lowest BCUT2D eigenvalue weighted by Crippen LogP contribution is -2.48. The third-order valence-electron chi connectivity index (χ3n) is 5.78. The van der Waals surface area contributed by atoms with Crippen molar-refractivity contribution in [3.05, 3.63) is 93.5 Å². The van der Waals surface area contributed by atoms with Gasteiger partial charge in [0.15, 0.2) is 11.5 Å². The molecule has 4 nitrogen and oxygen atoms in total. The lowest BCUT2D eigenvalue weighted by molar-refractivity contribution is 0.177. The predicted octanol–water partition coefficient (Wildman–Crippen LogP) is 6.46. The summed E-state index contributed by atoms with van der Waals surface area (Å²) in [6.07, 6.45) is 0. The molecule has 1 aliphatic heterocycles. The standard InChI is InChI=1S/C27H28Cl2N2O2S/c1-2-32-26-17-22(9-11-25(26)33-19-21-8-10-23(28)24(29)16-21)27(34)31-14-12-30(13-15-31)18-20-6-4-3-5-7-20/h3-11,16-17H,2,12-15,18-19H2,1H3. The molecule has 0 bridgehead atoms. The maximum atomic E-state index is 6.12. The Bertz CT molecular complexity index is 1120. The molecule has 0 radical (unpaired) electrons. The molecular weight excluding hydrogens is 487 g/mol. The lowest BCUT2D eigenvalue weighted by Gasteiger charge is -2.36. The summed E-state index contributed by atoms with van der Waals surface area (Å²) in [7, 11) is 0. The number of benzene rings is 3. The van der Waals surface area contributed by atoms with Gasteiger partial charge in [0.05, 0.1) is 16.7 Å². The molecule has 1 saturated heterocycles. The monoisotopic (exact) mass is 514 g/mol. The van der Waals surface area contributed by atoms with Gasteiger partial charge in [0.25, 0.3) is 0 Å². The van der Waals surface area contributed by atoms with Crippen LogP contribution in [0.2, 0.25) is 10.0 Å². The van der Waals surface area contributed by atoms with Crippen molar-refractivity contribution in [3.63, 3.8) is 0 Å². The number of rotatable bonds is 8. The molecule has 0 aliphatic carbocycles. The van der Waals surface area contributed by atoms with Crippen molar-refractivity contribution in [3.8, 4) is 11.5 Å². The quantitative estimate of drug-likeness (QED) is 0.321. The van der Waals surface area contributed by atoms with Crippen LogP contribution in [0.3, 0.4) is 0 Å². The minimum Gasteiger partial charge on any atom is -0.490 e. The topological polar surface area (TPSA) is 24.9 Å². The number of hydrogen-bond acceptors (Lipinski definition) is 4. The van der Waals surface area contributed by atoms with Crippen LogP contribution in [0.25, 0.3) is 0 Å². The lowest BCUT2D eigenvalue weighted by atomic mass is 10.1. The van der Waals surface area contributed by atoms with E-state index in [1.807, 2.05) is 37.3 Å². The Hall–Kier alpha value is -2.31. The van der Waals surface area contributed by atoms with Crippen molar-refractivity contribution in [1.82, 2.24) is 9.80 Å². The normalized spacial score (nSPS) is 14.1. The maximum Gasteiger partial charge on any atom is 0.161 e. The van der Waals surface area contributed by atoms with Crippen molar-refractivity contribution in [2.24, 2.45) is 0 Å². The average molecular weight is 516 g/mol. The molecule has 0 saturated carbocycles. The molecule has 0 aromatic heterocycles. The first-order valence-corrected chi connectivity index (χ1v) is 12.6. The highest BCUT2D eigenvalue weighted by Gasteiger charge is 2.21. The molecule has 3 aromatic carbocycles. The van der Waals surface area contributed by atoms with Gasteiger partial charge >= 0.3 is 0 Å². The molecule has 178 valence electrons. The molecule has 0 amide bonds. The van der Waals surface area contributed by atoms with Crippen LogP contribution in [-0.2, 0) is 13.2 Å².